The summed E-state index contributed by atoms with van der Waals surface area (Å²) >= 11 is 12.2. The minimum absolute atomic E-state index is 0.265. The van der Waals surface area contributed by atoms with Gasteiger partial charge in [0, 0.05) is 10.4 Å². The van der Waals surface area contributed by atoms with E-state index >= 15 is 0 Å². The summed E-state index contributed by atoms with van der Waals surface area (Å²) in [4.78, 5) is 0. The van der Waals surface area contributed by atoms with Crippen LogP contribution < -0.4 is 0 Å². The highest BCUT2D eigenvalue weighted by molar-refractivity contribution is 6.31. The van der Waals surface area contributed by atoms with Gasteiger partial charge in [0.15, 0.2) is 0 Å². The fourth-order valence-corrected chi connectivity index (χ4v) is 1.94. The number of rotatable bonds is 4. The van der Waals surface area contributed by atoms with Gasteiger partial charge in [0.2, 0.25) is 0 Å². The van der Waals surface area contributed by atoms with E-state index in [4.69, 9.17) is 23.2 Å². The Morgan fingerprint density at radius 3 is 2.53 bits per heavy atom. The highest BCUT2D eigenvalue weighted by Crippen LogP contribution is 2.22. The molecule has 2 heteroatoms. The van der Waals surface area contributed by atoms with Crippen molar-refractivity contribution in [3.8, 4) is 0 Å². The third-order valence-electron chi connectivity index (χ3n) is 2.79. The Kier molecular flexibility index (Phi) is 4.95. The fraction of sp³-hybridized carbons (Fsp3) is 0.538. The maximum absolute atomic E-state index is 6.21. The Balaban J connectivity index is 2.68. The summed E-state index contributed by atoms with van der Waals surface area (Å²) in [6, 6.07) is 6.21. The second kappa shape index (κ2) is 5.77. The standard InChI is InChI=1S/C13H18Cl2/c1-4-12(14)9(2)7-11-5-6-13(15)10(3)8-11/h5-6,8-9,12H,4,7H2,1-3H3. The molecule has 15 heavy (non-hydrogen) atoms. The zero-order chi connectivity index (χ0) is 11.4. The van der Waals surface area contributed by atoms with E-state index in [2.05, 4.69) is 26.0 Å². The highest BCUT2D eigenvalue weighted by atomic mass is 35.5. The molecular formula is C13H18Cl2. The Morgan fingerprint density at radius 2 is 2.00 bits per heavy atom. The zero-order valence-electron chi connectivity index (χ0n) is 9.56. The normalized spacial score (nSPS) is 15.0. The SMILES string of the molecule is CCC(Cl)C(C)Cc1ccc(Cl)c(C)c1. The molecule has 0 aromatic heterocycles. The molecule has 0 N–H and O–H groups in total. The maximum atomic E-state index is 6.21. The van der Waals surface area contributed by atoms with Crippen molar-refractivity contribution >= 4 is 23.2 Å². The van der Waals surface area contributed by atoms with Crippen LogP contribution in [0, 0.1) is 12.8 Å². The van der Waals surface area contributed by atoms with Gasteiger partial charge < -0.3 is 0 Å². The van der Waals surface area contributed by atoms with Crippen LogP contribution in [0.1, 0.15) is 31.4 Å². The van der Waals surface area contributed by atoms with Gasteiger partial charge in [-0.15, -0.1) is 11.6 Å². The molecule has 0 amide bonds. The summed E-state index contributed by atoms with van der Waals surface area (Å²) in [5, 5.41) is 1.10. The molecule has 2 atom stereocenters. The Bertz CT molecular complexity index is 320. The summed E-state index contributed by atoms with van der Waals surface area (Å²) < 4.78 is 0. The second-order valence-electron chi connectivity index (χ2n) is 4.19. The van der Waals surface area contributed by atoms with Gasteiger partial charge >= 0.3 is 0 Å². The minimum atomic E-state index is 0.265. The van der Waals surface area contributed by atoms with Crippen molar-refractivity contribution in [3.63, 3.8) is 0 Å². The zero-order valence-corrected chi connectivity index (χ0v) is 11.1. The molecule has 0 spiro atoms. The first kappa shape index (κ1) is 12.9. The van der Waals surface area contributed by atoms with Gasteiger partial charge in [-0.1, -0.05) is 37.6 Å². The lowest BCUT2D eigenvalue weighted by molar-refractivity contribution is 0.531. The predicted octanol–water partition coefficient (Wildman–Crippen LogP) is 4.84. The van der Waals surface area contributed by atoms with E-state index in [1.165, 1.54) is 5.56 Å². The Labute approximate surface area is 103 Å². The van der Waals surface area contributed by atoms with Gasteiger partial charge in [0.25, 0.3) is 0 Å². The molecule has 0 aliphatic heterocycles. The van der Waals surface area contributed by atoms with E-state index < -0.39 is 0 Å². The van der Waals surface area contributed by atoms with Crippen LogP contribution in [0.15, 0.2) is 18.2 Å². The van der Waals surface area contributed by atoms with Crippen molar-refractivity contribution in [1.82, 2.24) is 0 Å². The maximum Gasteiger partial charge on any atom is 0.0435 e. The summed E-state index contributed by atoms with van der Waals surface area (Å²) in [5.41, 5.74) is 2.47. The molecule has 1 aromatic carbocycles. The van der Waals surface area contributed by atoms with E-state index in [1.54, 1.807) is 0 Å². The number of benzene rings is 1. The van der Waals surface area contributed by atoms with Gasteiger partial charge in [-0.25, -0.2) is 0 Å². The largest absolute Gasteiger partial charge is 0.123 e. The number of halogens is 2. The molecular weight excluding hydrogens is 227 g/mol. The summed E-state index contributed by atoms with van der Waals surface area (Å²) in [6.45, 7) is 6.36. The highest BCUT2D eigenvalue weighted by Gasteiger charge is 2.13. The summed E-state index contributed by atoms with van der Waals surface area (Å²) in [7, 11) is 0. The van der Waals surface area contributed by atoms with Crippen LogP contribution in [0.25, 0.3) is 0 Å². The molecule has 0 aliphatic carbocycles. The summed E-state index contributed by atoms with van der Waals surface area (Å²) in [6.07, 6.45) is 2.05. The monoisotopic (exact) mass is 244 g/mol. The van der Waals surface area contributed by atoms with Crippen LogP contribution in [0.5, 0.6) is 0 Å². The summed E-state index contributed by atoms with van der Waals surface area (Å²) in [5.74, 6) is 0.511. The number of alkyl halides is 1. The fourth-order valence-electron chi connectivity index (χ4n) is 1.74. The van der Waals surface area contributed by atoms with E-state index in [1.807, 2.05) is 13.0 Å². The molecule has 2 unspecified atom stereocenters. The van der Waals surface area contributed by atoms with Crippen molar-refractivity contribution in [3.05, 3.63) is 34.3 Å². The molecule has 0 nitrogen and oxygen atoms in total. The van der Waals surface area contributed by atoms with Crippen molar-refractivity contribution in [2.24, 2.45) is 5.92 Å². The van der Waals surface area contributed by atoms with Crippen molar-refractivity contribution < 1.29 is 0 Å². The molecule has 0 fully saturated rings. The van der Waals surface area contributed by atoms with Gasteiger partial charge in [0.05, 0.1) is 0 Å². The molecule has 0 saturated heterocycles. The predicted molar refractivity (Wildman–Crippen MR) is 69.0 cm³/mol. The molecule has 0 aliphatic rings. The van der Waals surface area contributed by atoms with Crippen molar-refractivity contribution in [2.45, 2.75) is 39.0 Å². The van der Waals surface area contributed by atoms with Crippen molar-refractivity contribution in [1.29, 1.82) is 0 Å². The number of aryl methyl sites for hydroxylation is 1. The second-order valence-corrected chi connectivity index (χ2v) is 5.16. The molecule has 0 bridgehead atoms. The van der Waals surface area contributed by atoms with Gasteiger partial charge in [0.1, 0.15) is 0 Å². The lowest BCUT2D eigenvalue weighted by Gasteiger charge is -2.16. The van der Waals surface area contributed by atoms with Crippen LogP contribution >= 0.6 is 23.2 Å². The molecule has 0 heterocycles. The van der Waals surface area contributed by atoms with Crippen LogP contribution in [0.2, 0.25) is 5.02 Å². The molecule has 0 radical (unpaired) electrons. The van der Waals surface area contributed by atoms with Crippen LogP contribution in [-0.4, -0.2) is 5.38 Å². The first-order valence-corrected chi connectivity index (χ1v) is 6.25. The Hall–Kier alpha value is -0.200. The average molecular weight is 245 g/mol. The first-order chi connectivity index (χ1) is 7.04. The van der Waals surface area contributed by atoms with Gasteiger partial charge in [-0.05, 0) is 42.9 Å². The molecule has 0 saturated carbocycles. The Morgan fingerprint density at radius 1 is 1.33 bits per heavy atom. The molecule has 84 valence electrons. The minimum Gasteiger partial charge on any atom is -0.123 e. The van der Waals surface area contributed by atoms with Crippen LogP contribution in [-0.2, 0) is 6.42 Å². The van der Waals surface area contributed by atoms with Gasteiger partial charge in [-0.2, -0.15) is 0 Å². The van der Waals surface area contributed by atoms with E-state index in [9.17, 15) is 0 Å². The topological polar surface area (TPSA) is 0 Å². The average Bonchev–Trinajstić information content (AvgIpc) is 2.22. The van der Waals surface area contributed by atoms with E-state index in [0.29, 0.717) is 5.92 Å². The van der Waals surface area contributed by atoms with Crippen LogP contribution in [0.4, 0.5) is 0 Å². The number of hydrogen-bond donors (Lipinski definition) is 0. The van der Waals surface area contributed by atoms with E-state index in [-0.39, 0.29) is 5.38 Å². The third-order valence-corrected chi connectivity index (χ3v) is 3.95. The molecule has 1 rings (SSSR count). The van der Waals surface area contributed by atoms with E-state index in [0.717, 1.165) is 23.4 Å². The number of hydrogen-bond acceptors (Lipinski definition) is 0. The smallest absolute Gasteiger partial charge is 0.0435 e. The lowest BCUT2D eigenvalue weighted by Crippen LogP contribution is -2.13. The lowest BCUT2D eigenvalue weighted by atomic mass is 9.96. The van der Waals surface area contributed by atoms with Crippen LogP contribution in [0.3, 0.4) is 0 Å². The first-order valence-electron chi connectivity index (χ1n) is 5.43. The molecule has 1 aromatic rings. The van der Waals surface area contributed by atoms with Crippen molar-refractivity contribution in [2.75, 3.05) is 0 Å². The third kappa shape index (κ3) is 3.70. The van der Waals surface area contributed by atoms with Gasteiger partial charge in [-0.3, -0.25) is 0 Å². The quantitative estimate of drug-likeness (QED) is 0.665.